The van der Waals surface area contributed by atoms with Crippen molar-refractivity contribution in [2.45, 2.75) is 59.4 Å². The second kappa shape index (κ2) is 8.41. The van der Waals surface area contributed by atoms with Gasteiger partial charge in [0.15, 0.2) is 12.2 Å². The topological polar surface area (TPSA) is 92.0 Å². The Morgan fingerprint density at radius 2 is 1.77 bits per heavy atom. The number of carbonyl (C=O) groups excluding carboxylic acids is 2. The highest BCUT2D eigenvalue weighted by Gasteiger charge is 2.50. The molecule has 164 valence electrons. The molecule has 0 saturated carbocycles. The van der Waals surface area contributed by atoms with E-state index in [-0.39, 0.29) is 5.58 Å². The lowest BCUT2D eigenvalue weighted by molar-refractivity contribution is -0.171. The lowest BCUT2D eigenvalue weighted by atomic mass is 9.93. The van der Waals surface area contributed by atoms with Crippen LogP contribution in [0.25, 0.3) is 11.0 Å². The number of hydrogen-bond acceptors (Lipinski definition) is 7. The van der Waals surface area contributed by atoms with Crippen LogP contribution < -0.4 is 10.4 Å². The number of benzene rings is 1. The van der Waals surface area contributed by atoms with Gasteiger partial charge in [0.1, 0.15) is 16.9 Å². The zero-order chi connectivity index (χ0) is 22.9. The molecule has 2 atom stereocenters. The second-order valence-corrected chi connectivity index (χ2v) is 8.23. The molecule has 0 amide bonds. The molecule has 0 aliphatic carbocycles. The van der Waals surface area contributed by atoms with Crippen LogP contribution in [-0.4, -0.2) is 23.6 Å². The Bertz CT molecular complexity index is 1150. The van der Waals surface area contributed by atoms with Crippen LogP contribution in [0.5, 0.6) is 5.75 Å². The van der Waals surface area contributed by atoms with E-state index < -0.39 is 35.4 Å². The molecule has 31 heavy (non-hydrogen) atoms. The number of esters is 2. The van der Waals surface area contributed by atoms with Crippen LogP contribution in [0.4, 0.5) is 0 Å². The highest BCUT2D eigenvalue weighted by molar-refractivity contribution is 5.89. The molecule has 7 heteroatoms. The Balaban J connectivity index is 2.10. The highest BCUT2D eigenvalue weighted by Crippen LogP contribution is 2.47. The Morgan fingerprint density at radius 1 is 1.10 bits per heavy atom. The fraction of sp³-hybridized carbons (Fsp3) is 0.375. The fourth-order valence-electron chi connectivity index (χ4n) is 3.39. The van der Waals surface area contributed by atoms with Crippen LogP contribution in [0, 0.1) is 0 Å². The summed E-state index contributed by atoms with van der Waals surface area (Å²) < 4.78 is 23.0. The second-order valence-electron chi connectivity index (χ2n) is 8.23. The van der Waals surface area contributed by atoms with Crippen LogP contribution in [0.15, 0.2) is 56.8 Å². The summed E-state index contributed by atoms with van der Waals surface area (Å²) in [5, 5.41) is 0.658. The van der Waals surface area contributed by atoms with Gasteiger partial charge in [-0.05, 0) is 59.7 Å². The number of rotatable bonds is 5. The van der Waals surface area contributed by atoms with Crippen molar-refractivity contribution in [2.75, 3.05) is 0 Å². The van der Waals surface area contributed by atoms with Gasteiger partial charge in [-0.25, -0.2) is 14.4 Å². The average Bonchev–Trinajstić information content (AvgIpc) is 3.05. The molecule has 3 rings (SSSR count). The van der Waals surface area contributed by atoms with Gasteiger partial charge in [-0.1, -0.05) is 11.6 Å². The third-order valence-corrected chi connectivity index (χ3v) is 5.05. The molecular formula is C24H26O7. The zero-order valence-electron chi connectivity index (χ0n) is 18.5. The molecule has 1 aliphatic heterocycles. The number of carbonyl (C=O) groups is 2. The molecule has 0 saturated heterocycles. The first-order valence-electron chi connectivity index (χ1n) is 9.98. The van der Waals surface area contributed by atoms with Crippen LogP contribution >= 0.6 is 0 Å². The minimum Gasteiger partial charge on any atom is -0.481 e. The lowest BCUT2D eigenvalue weighted by Gasteiger charge is -2.33. The lowest BCUT2D eigenvalue weighted by Crippen LogP contribution is -2.46. The van der Waals surface area contributed by atoms with Crippen LogP contribution in [0.3, 0.4) is 0 Å². The summed E-state index contributed by atoms with van der Waals surface area (Å²) in [5.41, 5.74) is 0.203. The average molecular weight is 426 g/mol. The molecule has 2 aromatic rings. The Kier molecular flexibility index (Phi) is 6.06. The predicted octanol–water partition coefficient (Wildman–Crippen LogP) is 4.39. The standard InChI is InChI=1S/C24H26O7/c1-7-14(4)23(27)30-21-19-16(10-8-15-9-11-17(25)29-20(15)19)28-22(21)24(5,6)31-18(26)12-13(2)3/h7-12,21-22H,1-6H3/b14-7-. The van der Waals surface area contributed by atoms with Gasteiger partial charge >= 0.3 is 17.6 Å². The van der Waals surface area contributed by atoms with Gasteiger partial charge in [0.2, 0.25) is 0 Å². The van der Waals surface area contributed by atoms with Gasteiger partial charge in [-0.15, -0.1) is 0 Å². The quantitative estimate of drug-likeness (QED) is 0.398. The third-order valence-electron chi connectivity index (χ3n) is 5.05. The van der Waals surface area contributed by atoms with Crippen LogP contribution in [0.2, 0.25) is 0 Å². The summed E-state index contributed by atoms with van der Waals surface area (Å²) in [6.45, 7) is 10.3. The molecule has 0 bridgehead atoms. The largest absolute Gasteiger partial charge is 0.481 e. The number of ether oxygens (including phenoxy) is 3. The maximum atomic E-state index is 12.6. The molecule has 0 fully saturated rings. The third kappa shape index (κ3) is 4.55. The van der Waals surface area contributed by atoms with E-state index in [0.29, 0.717) is 22.3 Å². The molecule has 1 aromatic heterocycles. The van der Waals surface area contributed by atoms with Crippen LogP contribution in [0.1, 0.15) is 53.2 Å². The molecule has 0 radical (unpaired) electrons. The van der Waals surface area contributed by atoms with Crippen molar-refractivity contribution in [1.29, 1.82) is 0 Å². The van der Waals surface area contributed by atoms with Crippen molar-refractivity contribution >= 4 is 22.9 Å². The first kappa shape index (κ1) is 22.3. The van der Waals surface area contributed by atoms with Crippen molar-refractivity contribution in [3.8, 4) is 5.75 Å². The van der Waals surface area contributed by atoms with E-state index in [1.165, 1.54) is 12.1 Å². The molecule has 0 spiro atoms. The summed E-state index contributed by atoms with van der Waals surface area (Å²) in [4.78, 5) is 36.8. The number of allylic oxidation sites excluding steroid dienone is 2. The molecule has 7 nitrogen and oxygen atoms in total. The van der Waals surface area contributed by atoms with E-state index in [0.717, 1.165) is 5.57 Å². The summed E-state index contributed by atoms with van der Waals surface area (Å²) >= 11 is 0. The van der Waals surface area contributed by atoms with Crippen molar-refractivity contribution < 1.29 is 28.2 Å². The van der Waals surface area contributed by atoms with Gasteiger partial charge in [-0.3, -0.25) is 0 Å². The maximum absolute atomic E-state index is 12.6. The molecule has 2 heterocycles. The molecule has 1 aliphatic rings. The fourth-order valence-corrected chi connectivity index (χ4v) is 3.39. The highest BCUT2D eigenvalue weighted by atomic mass is 16.6. The van der Waals surface area contributed by atoms with E-state index in [9.17, 15) is 14.4 Å². The molecule has 2 unspecified atom stereocenters. The van der Waals surface area contributed by atoms with Gasteiger partial charge < -0.3 is 18.6 Å². The smallest absolute Gasteiger partial charge is 0.336 e. The minimum absolute atomic E-state index is 0.273. The summed E-state index contributed by atoms with van der Waals surface area (Å²) in [6, 6.07) is 6.41. The van der Waals surface area contributed by atoms with E-state index in [1.54, 1.807) is 65.8 Å². The summed E-state index contributed by atoms with van der Waals surface area (Å²) in [5.74, 6) is -0.680. The van der Waals surface area contributed by atoms with Crippen molar-refractivity contribution in [2.24, 2.45) is 0 Å². The SMILES string of the molecule is C/C=C(/C)C(=O)OC1c2c(ccc3ccc(=O)oc23)OC1C(C)(C)OC(=O)C=C(C)C. The molecule has 0 N–H and O–H groups in total. The molecule has 1 aromatic carbocycles. The van der Waals surface area contributed by atoms with Gasteiger partial charge in [0, 0.05) is 23.1 Å². The van der Waals surface area contributed by atoms with Crippen molar-refractivity contribution in [3.05, 3.63) is 63.5 Å². The summed E-state index contributed by atoms with van der Waals surface area (Å²) in [6.07, 6.45) is 1.20. The van der Waals surface area contributed by atoms with Crippen molar-refractivity contribution in [3.63, 3.8) is 0 Å². The maximum Gasteiger partial charge on any atom is 0.336 e. The van der Waals surface area contributed by atoms with Crippen molar-refractivity contribution in [1.82, 2.24) is 0 Å². The predicted molar refractivity (Wildman–Crippen MR) is 115 cm³/mol. The van der Waals surface area contributed by atoms with Gasteiger partial charge in [0.05, 0.1) is 5.56 Å². The number of fused-ring (bicyclic) bond motifs is 3. The van der Waals surface area contributed by atoms with E-state index >= 15 is 0 Å². The van der Waals surface area contributed by atoms with Gasteiger partial charge in [0.25, 0.3) is 0 Å². The molecular weight excluding hydrogens is 400 g/mol. The zero-order valence-corrected chi connectivity index (χ0v) is 18.5. The van der Waals surface area contributed by atoms with E-state index in [4.69, 9.17) is 18.6 Å². The minimum atomic E-state index is -1.17. The van der Waals surface area contributed by atoms with Crippen LogP contribution in [-0.2, 0) is 19.1 Å². The van der Waals surface area contributed by atoms with Gasteiger partial charge in [-0.2, -0.15) is 0 Å². The first-order chi connectivity index (χ1) is 14.5. The van der Waals surface area contributed by atoms with E-state index in [1.807, 2.05) is 0 Å². The Hall–Kier alpha value is -3.35. The monoisotopic (exact) mass is 426 g/mol. The normalized spacial score (nSPS) is 18.2. The van der Waals surface area contributed by atoms with E-state index in [2.05, 4.69) is 0 Å². The summed E-state index contributed by atoms with van der Waals surface area (Å²) in [7, 11) is 0. The Morgan fingerprint density at radius 3 is 2.42 bits per heavy atom. The Labute approximate surface area is 180 Å². The first-order valence-corrected chi connectivity index (χ1v) is 9.98. The number of hydrogen-bond donors (Lipinski definition) is 0.